The standard InChI is InChI=1S/C13H17ClN2O3S/c1-10(13(17)16-8-2-3-9-16)15-20(18,19)12-6-4-11(14)5-7-12/h4-7,10,15H,2-3,8-9H2,1H3/t10-/m0/s1. The van der Waals surface area contributed by atoms with Gasteiger partial charge in [-0.3, -0.25) is 4.79 Å². The first-order valence-electron chi connectivity index (χ1n) is 6.47. The zero-order valence-corrected chi connectivity index (χ0v) is 12.7. The average Bonchev–Trinajstić information content (AvgIpc) is 2.91. The maximum absolute atomic E-state index is 12.1. The summed E-state index contributed by atoms with van der Waals surface area (Å²) in [6, 6.07) is 5.07. The van der Waals surface area contributed by atoms with Crippen LogP contribution in [-0.2, 0) is 14.8 Å². The molecule has 0 saturated carbocycles. The van der Waals surface area contributed by atoms with Crippen LogP contribution in [0.4, 0.5) is 0 Å². The first kappa shape index (κ1) is 15.3. The molecule has 0 aliphatic carbocycles. The predicted molar refractivity (Wildman–Crippen MR) is 77.0 cm³/mol. The lowest BCUT2D eigenvalue weighted by Crippen LogP contribution is -2.45. The first-order chi connectivity index (χ1) is 9.40. The van der Waals surface area contributed by atoms with E-state index in [0.717, 1.165) is 12.8 Å². The van der Waals surface area contributed by atoms with E-state index in [-0.39, 0.29) is 10.8 Å². The zero-order valence-electron chi connectivity index (χ0n) is 11.2. The summed E-state index contributed by atoms with van der Waals surface area (Å²) in [6.45, 7) is 2.96. The van der Waals surface area contributed by atoms with E-state index in [2.05, 4.69) is 4.72 Å². The Kier molecular flexibility index (Phi) is 4.67. The van der Waals surface area contributed by atoms with Gasteiger partial charge in [0, 0.05) is 18.1 Å². The summed E-state index contributed by atoms with van der Waals surface area (Å²) in [5.41, 5.74) is 0. The van der Waals surface area contributed by atoms with Crippen LogP contribution in [0.25, 0.3) is 0 Å². The summed E-state index contributed by atoms with van der Waals surface area (Å²) >= 11 is 5.73. The Hall–Kier alpha value is -1.11. The van der Waals surface area contributed by atoms with E-state index >= 15 is 0 Å². The predicted octanol–water partition coefficient (Wildman–Crippen LogP) is 1.63. The lowest BCUT2D eigenvalue weighted by Gasteiger charge is -2.21. The van der Waals surface area contributed by atoms with Gasteiger partial charge in [0.25, 0.3) is 0 Å². The van der Waals surface area contributed by atoms with E-state index in [1.807, 2.05) is 0 Å². The SMILES string of the molecule is C[C@H](NS(=O)(=O)c1ccc(Cl)cc1)C(=O)N1CCCC1. The van der Waals surface area contributed by atoms with E-state index in [4.69, 9.17) is 11.6 Å². The fourth-order valence-corrected chi connectivity index (χ4v) is 3.50. The van der Waals surface area contributed by atoms with Gasteiger partial charge in [0.15, 0.2) is 0 Å². The molecule has 0 bridgehead atoms. The van der Waals surface area contributed by atoms with Crippen LogP contribution in [0.1, 0.15) is 19.8 Å². The summed E-state index contributed by atoms with van der Waals surface area (Å²) < 4.78 is 26.7. The highest BCUT2D eigenvalue weighted by Gasteiger charge is 2.27. The second kappa shape index (κ2) is 6.11. The smallest absolute Gasteiger partial charge is 0.241 e. The Morgan fingerprint density at radius 1 is 1.25 bits per heavy atom. The minimum atomic E-state index is -3.71. The van der Waals surface area contributed by atoms with E-state index in [1.54, 1.807) is 11.8 Å². The Labute approximate surface area is 124 Å². The number of carbonyl (C=O) groups excluding carboxylic acids is 1. The molecule has 1 amide bonds. The second-order valence-corrected chi connectivity index (χ2v) is 6.98. The van der Waals surface area contributed by atoms with Crippen LogP contribution in [0.3, 0.4) is 0 Å². The van der Waals surface area contributed by atoms with Crippen molar-refractivity contribution >= 4 is 27.5 Å². The molecule has 0 spiro atoms. The van der Waals surface area contributed by atoms with Crippen molar-refractivity contribution in [2.75, 3.05) is 13.1 Å². The molecule has 1 N–H and O–H groups in total. The second-order valence-electron chi connectivity index (χ2n) is 4.83. The van der Waals surface area contributed by atoms with Crippen LogP contribution in [-0.4, -0.2) is 38.4 Å². The number of nitrogens with zero attached hydrogens (tertiary/aromatic N) is 1. The van der Waals surface area contributed by atoms with Crippen molar-refractivity contribution in [1.82, 2.24) is 9.62 Å². The van der Waals surface area contributed by atoms with Gasteiger partial charge < -0.3 is 4.90 Å². The van der Waals surface area contributed by atoms with E-state index in [9.17, 15) is 13.2 Å². The molecule has 1 aromatic rings. The molecule has 2 rings (SSSR count). The van der Waals surface area contributed by atoms with E-state index < -0.39 is 16.1 Å². The van der Waals surface area contributed by atoms with Crippen molar-refractivity contribution in [3.05, 3.63) is 29.3 Å². The largest absolute Gasteiger partial charge is 0.341 e. The number of rotatable bonds is 4. The van der Waals surface area contributed by atoms with Crippen LogP contribution >= 0.6 is 11.6 Å². The number of hydrogen-bond donors (Lipinski definition) is 1. The van der Waals surface area contributed by atoms with Gasteiger partial charge in [0.2, 0.25) is 15.9 Å². The van der Waals surface area contributed by atoms with Gasteiger partial charge in [-0.1, -0.05) is 11.6 Å². The molecular weight excluding hydrogens is 300 g/mol. The number of hydrogen-bond acceptors (Lipinski definition) is 3. The number of benzene rings is 1. The van der Waals surface area contributed by atoms with Crippen LogP contribution in [0.5, 0.6) is 0 Å². The number of sulfonamides is 1. The fraction of sp³-hybridized carbons (Fsp3) is 0.462. The molecule has 1 heterocycles. The normalized spacial score (nSPS) is 17.2. The summed E-state index contributed by atoms with van der Waals surface area (Å²) in [6.07, 6.45) is 1.95. The van der Waals surface area contributed by atoms with Gasteiger partial charge in [-0.15, -0.1) is 0 Å². The molecule has 1 aliphatic rings. The Bertz CT molecular complexity index is 580. The molecule has 20 heavy (non-hydrogen) atoms. The van der Waals surface area contributed by atoms with Crippen molar-refractivity contribution < 1.29 is 13.2 Å². The molecule has 0 aromatic heterocycles. The van der Waals surface area contributed by atoms with E-state index in [1.165, 1.54) is 24.3 Å². The third kappa shape index (κ3) is 3.50. The molecule has 110 valence electrons. The Morgan fingerprint density at radius 2 is 1.80 bits per heavy atom. The highest BCUT2D eigenvalue weighted by molar-refractivity contribution is 7.89. The summed E-state index contributed by atoms with van der Waals surface area (Å²) in [4.78, 5) is 13.9. The first-order valence-corrected chi connectivity index (χ1v) is 8.33. The number of likely N-dealkylation sites (tertiary alicyclic amines) is 1. The third-order valence-electron chi connectivity index (χ3n) is 3.24. The molecule has 1 saturated heterocycles. The molecule has 0 radical (unpaired) electrons. The number of halogens is 1. The highest BCUT2D eigenvalue weighted by Crippen LogP contribution is 2.15. The highest BCUT2D eigenvalue weighted by atomic mass is 35.5. The molecule has 1 aromatic carbocycles. The molecule has 5 nitrogen and oxygen atoms in total. The Morgan fingerprint density at radius 3 is 2.35 bits per heavy atom. The molecule has 7 heteroatoms. The number of amides is 1. The monoisotopic (exact) mass is 316 g/mol. The molecule has 1 aliphatic heterocycles. The molecule has 0 unspecified atom stereocenters. The molecule has 1 atom stereocenters. The maximum Gasteiger partial charge on any atom is 0.241 e. The minimum Gasteiger partial charge on any atom is -0.341 e. The van der Waals surface area contributed by atoms with Gasteiger partial charge in [-0.05, 0) is 44.0 Å². The summed E-state index contributed by atoms with van der Waals surface area (Å²) in [5.74, 6) is -0.181. The van der Waals surface area contributed by atoms with Gasteiger partial charge in [-0.2, -0.15) is 4.72 Å². The zero-order chi connectivity index (χ0) is 14.8. The Balaban J connectivity index is 2.07. The van der Waals surface area contributed by atoms with Crippen molar-refractivity contribution in [2.24, 2.45) is 0 Å². The van der Waals surface area contributed by atoms with Crippen LogP contribution in [0, 0.1) is 0 Å². The summed E-state index contributed by atoms with van der Waals surface area (Å²) in [5, 5.41) is 0.463. The third-order valence-corrected chi connectivity index (χ3v) is 5.05. The van der Waals surface area contributed by atoms with Crippen LogP contribution < -0.4 is 4.72 Å². The summed E-state index contributed by atoms with van der Waals surface area (Å²) in [7, 11) is -3.71. The topological polar surface area (TPSA) is 66.5 Å². The van der Waals surface area contributed by atoms with Gasteiger partial charge >= 0.3 is 0 Å². The van der Waals surface area contributed by atoms with Gasteiger partial charge in [0.1, 0.15) is 0 Å². The molecule has 1 fully saturated rings. The van der Waals surface area contributed by atoms with Crippen LogP contribution in [0.2, 0.25) is 5.02 Å². The average molecular weight is 317 g/mol. The van der Waals surface area contributed by atoms with Crippen molar-refractivity contribution in [3.8, 4) is 0 Å². The van der Waals surface area contributed by atoms with Gasteiger partial charge in [-0.25, -0.2) is 8.42 Å². The number of nitrogens with one attached hydrogen (secondary N) is 1. The molecular formula is C13H17ClN2O3S. The van der Waals surface area contributed by atoms with Crippen molar-refractivity contribution in [1.29, 1.82) is 0 Å². The lowest BCUT2D eigenvalue weighted by atomic mass is 10.3. The van der Waals surface area contributed by atoms with Gasteiger partial charge in [0.05, 0.1) is 10.9 Å². The number of carbonyl (C=O) groups is 1. The van der Waals surface area contributed by atoms with Crippen molar-refractivity contribution in [3.63, 3.8) is 0 Å². The van der Waals surface area contributed by atoms with Crippen LogP contribution in [0.15, 0.2) is 29.2 Å². The quantitative estimate of drug-likeness (QED) is 0.918. The van der Waals surface area contributed by atoms with E-state index in [0.29, 0.717) is 18.1 Å². The fourth-order valence-electron chi connectivity index (χ4n) is 2.18. The minimum absolute atomic E-state index is 0.1000. The van der Waals surface area contributed by atoms with Crippen molar-refractivity contribution in [2.45, 2.75) is 30.7 Å². The maximum atomic E-state index is 12.1. The lowest BCUT2D eigenvalue weighted by molar-refractivity contribution is -0.131.